The van der Waals surface area contributed by atoms with Gasteiger partial charge in [0.1, 0.15) is 0 Å². The number of hydrogen-bond donors (Lipinski definition) is 0. The van der Waals surface area contributed by atoms with Crippen LogP contribution in [0, 0.1) is 5.92 Å². The molecule has 0 unspecified atom stereocenters. The van der Waals surface area contributed by atoms with Gasteiger partial charge in [-0.3, -0.25) is 0 Å². The third-order valence-corrected chi connectivity index (χ3v) is 6.99. The van der Waals surface area contributed by atoms with Crippen LogP contribution in [0.1, 0.15) is 59.8 Å². The average molecular weight is 347 g/mol. The van der Waals surface area contributed by atoms with Crippen molar-refractivity contribution in [2.75, 3.05) is 6.16 Å². The normalized spacial score (nSPS) is 18.3. The zero-order valence-electron chi connectivity index (χ0n) is 11.9. The third-order valence-electron chi connectivity index (χ3n) is 3.70. The topological polar surface area (TPSA) is 0 Å². The van der Waals surface area contributed by atoms with E-state index in [1.807, 2.05) is 0 Å². The maximum absolute atomic E-state index is 2.53. The van der Waals surface area contributed by atoms with E-state index in [1.165, 1.54) is 38.3 Å². The van der Waals surface area contributed by atoms with E-state index in [1.54, 1.807) is 0 Å². The van der Waals surface area contributed by atoms with E-state index in [9.17, 15) is 0 Å². The summed E-state index contributed by atoms with van der Waals surface area (Å²) in [5, 5.41) is 0. The summed E-state index contributed by atoms with van der Waals surface area (Å²) < 4.78 is 0. The van der Waals surface area contributed by atoms with Crippen LogP contribution in [0.3, 0.4) is 0 Å². The molecule has 0 heterocycles. The van der Waals surface area contributed by atoms with Crippen LogP contribution in [-0.4, -0.2) is 17.5 Å². The van der Waals surface area contributed by atoms with Gasteiger partial charge in [0.05, 0.1) is 0 Å². The standard InChI is InChI=1S/C15H29P.Pd/c1-13(2)16(14(3)4)12-8-11-15-9-6-5-7-10-15;/h8,11,13-15H,5-7,9-10,12H2,1-4H3;. The van der Waals surface area contributed by atoms with Gasteiger partial charge in [0, 0.05) is 20.4 Å². The van der Waals surface area contributed by atoms with Gasteiger partial charge < -0.3 is 0 Å². The first-order valence-corrected chi connectivity index (χ1v) is 8.70. The second-order valence-corrected chi connectivity index (χ2v) is 9.17. The van der Waals surface area contributed by atoms with Crippen LogP contribution in [0.15, 0.2) is 12.2 Å². The molecule has 1 fully saturated rings. The molecule has 0 nitrogen and oxygen atoms in total. The summed E-state index contributed by atoms with van der Waals surface area (Å²) in [5.41, 5.74) is 1.76. The molecule has 1 rings (SSSR count). The number of allylic oxidation sites excluding steroid dienone is 2. The fourth-order valence-electron chi connectivity index (χ4n) is 2.72. The van der Waals surface area contributed by atoms with Crippen LogP contribution < -0.4 is 0 Å². The van der Waals surface area contributed by atoms with Gasteiger partial charge in [-0.2, -0.15) is 0 Å². The number of rotatable bonds is 5. The van der Waals surface area contributed by atoms with Crippen LogP contribution in [0.4, 0.5) is 0 Å². The maximum atomic E-state index is 2.53. The summed E-state index contributed by atoms with van der Waals surface area (Å²) in [6, 6.07) is 0. The molecule has 0 saturated heterocycles. The van der Waals surface area contributed by atoms with Crippen LogP contribution in [0.2, 0.25) is 0 Å². The van der Waals surface area contributed by atoms with Crippen LogP contribution in [-0.2, 0) is 20.4 Å². The van der Waals surface area contributed by atoms with Crippen LogP contribution >= 0.6 is 7.92 Å². The molecule has 0 aromatic carbocycles. The van der Waals surface area contributed by atoms with E-state index in [2.05, 4.69) is 39.8 Å². The molecule has 1 aliphatic rings. The third kappa shape index (κ3) is 7.10. The van der Waals surface area contributed by atoms with Crippen molar-refractivity contribution in [2.45, 2.75) is 71.1 Å². The second-order valence-electron chi connectivity index (χ2n) is 5.71. The Kier molecular flexibility index (Phi) is 10.2. The quantitative estimate of drug-likeness (QED) is 0.354. The molecular weight excluding hydrogens is 318 g/mol. The Morgan fingerprint density at radius 1 is 1.00 bits per heavy atom. The van der Waals surface area contributed by atoms with Crippen molar-refractivity contribution in [3.8, 4) is 0 Å². The van der Waals surface area contributed by atoms with E-state index in [4.69, 9.17) is 0 Å². The van der Waals surface area contributed by atoms with Crippen molar-refractivity contribution >= 4 is 7.92 Å². The molecule has 17 heavy (non-hydrogen) atoms. The molecule has 0 amide bonds. The van der Waals surface area contributed by atoms with Crippen molar-refractivity contribution in [1.82, 2.24) is 0 Å². The summed E-state index contributed by atoms with van der Waals surface area (Å²) in [4.78, 5) is 0. The van der Waals surface area contributed by atoms with Gasteiger partial charge in [-0.15, -0.1) is 0 Å². The predicted octanol–water partition coefficient (Wildman–Crippen LogP) is 5.42. The summed E-state index contributed by atoms with van der Waals surface area (Å²) >= 11 is 0. The van der Waals surface area contributed by atoms with Gasteiger partial charge in [-0.25, -0.2) is 0 Å². The molecule has 0 aromatic rings. The molecule has 0 bridgehead atoms. The minimum Gasteiger partial charge on any atom is -0.0976 e. The van der Waals surface area contributed by atoms with Gasteiger partial charge in [-0.1, -0.05) is 67.0 Å². The molecule has 2 heteroatoms. The minimum absolute atomic E-state index is 0. The predicted molar refractivity (Wildman–Crippen MR) is 77.8 cm³/mol. The fourth-order valence-corrected chi connectivity index (χ4v) is 5.12. The van der Waals surface area contributed by atoms with Gasteiger partial charge in [-0.05, 0) is 36.2 Å². The summed E-state index contributed by atoms with van der Waals surface area (Å²) in [6.07, 6.45) is 13.6. The molecule has 0 atom stereocenters. The molecule has 0 spiro atoms. The maximum Gasteiger partial charge on any atom is 0 e. The summed E-state index contributed by atoms with van der Waals surface area (Å²) in [7, 11) is 0.208. The van der Waals surface area contributed by atoms with Crippen molar-refractivity contribution in [2.24, 2.45) is 5.92 Å². The average Bonchev–Trinajstić information content (AvgIpc) is 2.24. The Morgan fingerprint density at radius 3 is 2.00 bits per heavy atom. The zero-order valence-corrected chi connectivity index (χ0v) is 14.3. The fraction of sp³-hybridized carbons (Fsp3) is 0.867. The molecule has 0 N–H and O–H groups in total. The molecule has 0 radical (unpaired) electrons. The van der Waals surface area contributed by atoms with Gasteiger partial charge in [0.2, 0.25) is 0 Å². The Morgan fingerprint density at radius 2 is 1.53 bits per heavy atom. The van der Waals surface area contributed by atoms with Crippen molar-refractivity contribution in [3.05, 3.63) is 12.2 Å². The Bertz CT molecular complexity index is 197. The Hall–Kier alpha value is 0.832. The van der Waals surface area contributed by atoms with E-state index < -0.39 is 0 Å². The minimum atomic E-state index is 0. The Labute approximate surface area is 123 Å². The van der Waals surface area contributed by atoms with E-state index in [0.29, 0.717) is 0 Å². The van der Waals surface area contributed by atoms with Gasteiger partial charge in [0.15, 0.2) is 0 Å². The van der Waals surface area contributed by atoms with E-state index >= 15 is 0 Å². The second kappa shape index (κ2) is 9.72. The van der Waals surface area contributed by atoms with Crippen molar-refractivity contribution < 1.29 is 20.4 Å². The zero-order chi connectivity index (χ0) is 12.0. The molecule has 0 aromatic heterocycles. The van der Waals surface area contributed by atoms with Gasteiger partial charge >= 0.3 is 0 Å². The van der Waals surface area contributed by atoms with Crippen LogP contribution in [0.25, 0.3) is 0 Å². The molecule has 0 aliphatic heterocycles. The largest absolute Gasteiger partial charge is 0.0976 e. The van der Waals surface area contributed by atoms with Crippen molar-refractivity contribution in [1.29, 1.82) is 0 Å². The first kappa shape index (κ1) is 17.8. The SMILES string of the molecule is CC(C)P(CC=CC1CCCCC1)C(C)C.[Pd]. The first-order valence-electron chi connectivity index (χ1n) is 7.03. The van der Waals surface area contributed by atoms with E-state index in [0.717, 1.165) is 17.2 Å². The monoisotopic (exact) mass is 346 g/mol. The van der Waals surface area contributed by atoms with Crippen molar-refractivity contribution in [3.63, 3.8) is 0 Å². The Balaban J connectivity index is 0.00000256. The summed E-state index contributed by atoms with van der Waals surface area (Å²) in [6.45, 7) is 9.56. The van der Waals surface area contributed by atoms with Gasteiger partial charge in [0.25, 0.3) is 0 Å². The summed E-state index contributed by atoms with van der Waals surface area (Å²) in [5.74, 6) is 0.907. The molecule has 1 aliphatic carbocycles. The molecule has 104 valence electrons. The first-order chi connectivity index (χ1) is 7.61. The molecule has 1 saturated carbocycles. The van der Waals surface area contributed by atoms with Crippen LogP contribution in [0.5, 0.6) is 0 Å². The number of hydrogen-bond acceptors (Lipinski definition) is 0. The van der Waals surface area contributed by atoms with E-state index in [-0.39, 0.29) is 28.3 Å². The molecular formula is C15H29PPd. The smallest absolute Gasteiger partial charge is 0 e.